The highest BCUT2D eigenvalue weighted by molar-refractivity contribution is 5.75. The molecule has 1 N–H and O–H groups in total. The van der Waals surface area contributed by atoms with Gasteiger partial charge < -0.3 is 19.5 Å². The fourth-order valence-corrected chi connectivity index (χ4v) is 3.87. The van der Waals surface area contributed by atoms with E-state index in [4.69, 9.17) is 9.72 Å². The normalized spacial score (nSPS) is 16.8. The maximum absolute atomic E-state index is 13.0. The number of amides is 1. The smallest absolute Gasteiger partial charge is 0.407 e. The third-order valence-electron chi connectivity index (χ3n) is 5.44. The molecule has 1 aliphatic rings. The summed E-state index contributed by atoms with van der Waals surface area (Å²) in [5.41, 5.74) is 0.513. The predicted octanol–water partition coefficient (Wildman–Crippen LogP) is 1.89. The minimum Gasteiger partial charge on any atom is -0.444 e. The van der Waals surface area contributed by atoms with E-state index in [2.05, 4.69) is 10.2 Å². The number of aromatic nitrogens is 4. The SMILES string of the molecule is CC(C)=CCn1c(N2CCC[C@@H](NC(=O)OC(C)(C)C)C2)nc2c1c(=O)n(C)c(=O)n2C. The molecule has 176 valence electrons. The summed E-state index contributed by atoms with van der Waals surface area (Å²) >= 11 is 0. The second-order valence-electron chi connectivity index (χ2n) is 9.61. The number of anilines is 1. The Bertz CT molecular complexity index is 1160. The van der Waals surface area contributed by atoms with Crippen molar-refractivity contribution in [3.05, 3.63) is 32.5 Å². The molecule has 1 fully saturated rings. The molecular formula is C22H34N6O4. The average molecular weight is 447 g/mol. The molecule has 0 saturated carbocycles. The highest BCUT2D eigenvalue weighted by Crippen LogP contribution is 2.24. The molecule has 1 aliphatic heterocycles. The summed E-state index contributed by atoms with van der Waals surface area (Å²) in [4.78, 5) is 44.5. The van der Waals surface area contributed by atoms with Crippen molar-refractivity contribution < 1.29 is 9.53 Å². The Hall–Kier alpha value is -3.04. The molecule has 0 bridgehead atoms. The number of hydrogen-bond donors (Lipinski definition) is 1. The van der Waals surface area contributed by atoms with Crippen molar-refractivity contribution >= 4 is 23.2 Å². The van der Waals surface area contributed by atoms with Gasteiger partial charge in [0.05, 0.1) is 0 Å². The van der Waals surface area contributed by atoms with Gasteiger partial charge >= 0.3 is 11.8 Å². The number of alkyl carbamates (subject to hydrolysis) is 1. The fraction of sp³-hybridized carbons (Fsp3) is 0.636. The molecule has 1 amide bonds. The Balaban J connectivity index is 2.01. The van der Waals surface area contributed by atoms with Gasteiger partial charge in [-0.2, -0.15) is 4.98 Å². The number of allylic oxidation sites excluding steroid dienone is 2. The first-order chi connectivity index (χ1) is 14.9. The van der Waals surface area contributed by atoms with E-state index in [1.807, 2.05) is 45.3 Å². The molecule has 0 aliphatic carbocycles. The van der Waals surface area contributed by atoms with Crippen molar-refractivity contribution in [1.82, 2.24) is 24.0 Å². The van der Waals surface area contributed by atoms with Crippen LogP contribution in [0.3, 0.4) is 0 Å². The van der Waals surface area contributed by atoms with Gasteiger partial charge in [0, 0.05) is 39.8 Å². The molecule has 1 saturated heterocycles. The van der Waals surface area contributed by atoms with Crippen LogP contribution >= 0.6 is 0 Å². The maximum atomic E-state index is 13.0. The summed E-state index contributed by atoms with van der Waals surface area (Å²) in [5.74, 6) is 0.617. The number of nitrogens with one attached hydrogen (secondary N) is 1. The zero-order chi connectivity index (χ0) is 23.8. The van der Waals surface area contributed by atoms with E-state index in [1.165, 1.54) is 11.6 Å². The zero-order valence-corrected chi connectivity index (χ0v) is 20.1. The third kappa shape index (κ3) is 4.89. The Labute approximate surface area is 187 Å². The first-order valence-corrected chi connectivity index (χ1v) is 10.9. The Morgan fingerprint density at radius 2 is 1.91 bits per heavy atom. The number of nitrogens with zero attached hydrogens (tertiary/aromatic N) is 5. The second-order valence-corrected chi connectivity index (χ2v) is 9.61. The number of ether oxygens (including phenoxy) is 1. The maximum Gasteiger partial charge on any atom is 0.407 e. The van der Waals surface area contributed by atoms with Gasteiger partial charge in [-0.15, -0.1) is 0 Å². The summed E-state index contributed by atoms with van der Waals surface area (Å²) in [6, 6.07) is -0.109. The topological polar surface area (TPSA) is 103 Å². The molecule has 10 nitrogen and oxygen atoms in total. The number of rotatable bonds is 4. The van der Waals surface area contributed by atoms with E-state index in [1.54, 1.807) is 7.05 Å². The molecule has 10 heteroatoms. The van der Waals surface area contributed by atoms with Crippen molar-refractivity contribution in [2.45, 2.75) is 65.6 Å². The van der Waals surface area contributed by atoms with Crippen LogP contribution in [0.25, 0.3) is 11.2 Å². The van der Waals surface area contributed by atoms with Crippen LogP contribution in [0.4, 0.5) is 10.7 Å². The summed E-state index contributed by atoms with van der Waals surface area (Å²) in [6.07, 6.45) is 3.25. The van der Waals surface area contributed by atoms with Gasteiger partial charge in [0.25, 0.3) is 5.56 Å². The van der Waals surface area contributed by atoms with Crippen LogP contribution in [-0.4, -0.2) is 49.5 Å². The summed E-state index contributed by atoms with van der Waals surface area (Å²) in [6.45, 7) is 11.2. The van der Waals surface area contributed by atoms with E-state index in [9.17, 15) is 14.4 Å². The van der Waals surface area contributed by atoms with Crippen LogP contribution in [0.5, 0.6) is 0 Å². The van der Waals surface area contributed by atoms with Crippen LogP contribution in [0.15, 0.2) is 21.2 Å². The zero-order valence-electron chi connectivity index (χ0n) is 20.1. The molecule has 0 aromatic carbocycles. The molecule has 1 atom stereocenters. The molecule has 0 spiro atoms. The number of piperidine rings is 1. The van der Waals surface area contributed by atoms with Crippen molar-refractivity contribution in [3.8, 4) is 0 Å². The van der Waals surface area contributed by atoms with E-state index in [0.29, 0.717) is 30.2 Å². The second kappa shape index (κ2) is 8.84. The van der Waals surface area contributed by atoms with E-state index < -0.39 is 17.4 Å². The molecule has 3 rings (SSSR count). The molecule has 0 unspecified atom stereocenters. The summed E-state index contributed by atoms with van der Waals surface area (Å²) in [7, 11) is 3.10. The van der Waals surface area contributed by atoms with E-state index in [-0.39, 0.29) is 11.6 Å². The van der Waals surface area contributed by atoms with Gasteiger partial charge in [-0.25, -0.2) is 9.59 Å². The van der Waals surface area contributed by atoms with E-state index >= 15 is 0 Å². The van der Waals surface area contributed by atoms with Crippen LogP contribution in [0, 0.1) is 0 Å². The van der Waals surface area contributed by atoms with Crippen LogP contribution in [0.1, 0.15) is 47.5 Å². The van der Waals surface area contributed by atoms with Crippen molar-refractivity contribution in [3.63, 3.8) is 0 Å². The highest BCUT2D eigenvalue weighted by atomic mass is 16.6. The third-order valence-corrected chi connectivity index (χ3v) is 5.44. The minimum atomic E-state index is -0.568. The number of imidazole rings is 1. The first-order valence-electron chi connectivity index (χ1n) is 10.9. The van der Waals surface area contributed by atoms with Gasteiger partial charge in [-0.1, -0.05) is 11.6 Å². The molecule has 3 heterocycles. The van der Waals surface area contributed by atoms with Gasteiger partial charge in [0.15, 0.2) is 11.2 Å². The lowest BCUT2D eigenvalue weighted by molar-refractivity contribution is 0.0500. The lowest BCUT2D eigenvalue weighted by Crippen LogP contribution is -2.49. The molecule has 0 radical (unpaired) electrons. The number of fused-ring (bicyclic) bond motifs is 1. The van der Waals surface area contributed by atoms with Gasteiger partial charge in [-0.05, 0) is 47.5 Å². The van der Waals surface area contributed by atoms with Crippen molar-refractivity contribution in [1.29, 1.82) is 0 Å². The number of carbonyl (C=O) groups excluding carboxylic acids is 1. The first kappa shape index (κ1) is 23.6. The quantitative estimate of drug-likeness (QED) is 0.720. The van der Waals surface area contributed by atoms with Crippen LogP contribution in [-0.2, 0) is 25.4 Å². The van der Waals surface area contributed by atoms with Gasteiger partial charge in [-0.3, -0.25) is 13.9 Å². The van der Waals surface area contributed by atoms with Crippen molar-refractivity contribution in [2.75, 3.05) is 18.0 Å². The van der Waals surface area contributed by atoms with E-state index in [0.717, 1.165) is 29.5 Å². The van der Waals surface area contributed by atoms with Gasteiger partial charge in [0.2, 0.25) is 5.95 Å². The lowest BCUT2D eigenvalue weighted by Gasteiger charge is -2.34. The van der Waals surface area contributed by atoms with Crippen LogP contribution < -0.4 is 21.5 Å². The molecule has 2 aromatic rings. The number of hydrogen-bond acceptors (Lipinski definition) is 6. The minimum absolute atomic E-state index is 0.109. The predicted molar refractivity (Wildman–Crippen MR) is 124 cm³/mol. The Kier molecular flexibility index (Phi) is 6.52. The Morgan fingerprint density at radius 3 is 2.53 bits per heavy atom. The Morgan fingerprint density at radius 1 is 1.22 bits per heavy atom. The average Bonchev–Trinajstić information content (AvgIpc) is 3.07. The number of carbonyl (C=O) groups is 1. The number of aryl methyl sites for hydroxylation is 1. The largest absolute Gasteiger partial charge is 0.444 e. The summed E-state index contributed by atoms with van der Waals surface area (Å²) in [5, 5.41) is 2.95. The van der Waals surface area contributed by atoms with Crippen molar-refractivity contribution in [2.24, 2.45) is 14.1 Å². The van der Waals surface area contributed by atoms with Crippen LogP contribution in [0.2, 0.25) is 0 Å². The highest BCUT2D eigenvalue weighted by Gasteiger charge is 2.28. The monoisotopic (exact) mass is 446 g/mol. The molecule has 2 aromatic heterocycles. The summed E-state index contributed by atoms with van der Waals surface area (Å²) < 4.78 is 9.77. The fourth-order valence-electron chi connectivity index (χ4n) is 3.87. The van der Waals surface area contributed by atoms with Gasteiger partial charge in [0.1, 0.15) is 5.60 Å². The molecule has 32 heavy (non-hydrogen) atoms. The standard InChI is InChI=1S/C22H34N6O4/c1-14(2)10-12-28-16-17(25(6)21(31)26(7)18(16)29)24-19(28)27-11-8-9-15(13-27)23-20(30)32-22(3,4)5/h10,15H,8-9,11-13H2,1-7H3,(H,23,30)/t15-/m1/s1. The molecular weight excluding hydrogens is 412 g/mol. The lowest BCUT2D eigenvalue weighted by atomic mass is 10.1.